The average Bonchev–Trinajstić information content (AvgIpc) is 2.30. The van der Waals surface area contributed by atoms with Crippen molar-refractivity contribution in [1.82, 2.24) is 9.88 Å². The highest BCUT2D eigenvalue weighted by Gasteiger charge is 2.37. The van der Waals surface area contributed by atoms with Gasteiger partial charge in [0.05, 0.1) is 17.8 Å². The van der Waals surface area contributed by atoms with E-state index >= 15 is 0 Å². The minimum absolute atomic E-state index is 0.379. The van der Waals surface area contributed by atoms with Crippen molar-refractivity contribution < 1.29 is 9.50 Å². The van der Waals surface area contributed by atoms with Crippen LogP contribution in [0.1, 0.15) is 38.4 Å². The highest BCUT2D eigenvalue weighted by molar-refractivity contribution is 5.18. The summed E-state index contributed by atoms with van der Waals surface area (Å²) in [6.45, 7) is 4.05. The Kier molecular flexibility index (Phi) is 4.60. The van der Waals surface area contributed by atoms with Crippen molar-refractivity contribution in [1.29, 1.82) is 0 Å². The number of aliphatic hydroxyl groups excluding tert-OH is 1. The van der Waals surface area contributed by atoms with E-state index in [1.165, 1.54) is 12.3 Å². The van der Waals surface area contributed by atoms with Crippen LogP contribution in [-0.2, 0) is 0 Å². The highest BCUT2D eigenvalue weighted by Crippen LogP contribution is 2.35. The standard InChI is InChI=1S/C13H21FN2O/c1-5-13(6-2,16(3)4)12(17)10-7-11(14)9-15-8-10/h7-9,12,17H,5-6H2,1-4H3. The van der Waals surface area contributed by atoms with Gasteiger partial charge in [-0.15, -0.1) is 0 Å². The minimum Gasteiger partial charge on any atom is -0.386 e. The van der Waals surface area contributed by atoms with Crippen molar-refractivity contribution in [2.24, 2.45) is 0 Å². The molecule has 3 nitrogen and oxygen atoms in total. The summed E-state index contributed by atoms with van der Waals surface area (Å²) in [4.78, 5) is 5.80. The molecule has 0 aliphatic carbocycles. The maximum Gasteiger partial charge on any atom is 0.141 e. The molecule has 17 heavy (non-hydrogen) atoms. The predicted octanol–water partition coefficient (Wildman–Crippen LogP) is 2.37. The highest BCUT2D eigenvalue weighted by atomic mass is 19.1. The lowest BCUT2D eigenvalue weighted by molar-refractivity contribution is -0.0153. The van der Waals surface area contributed by atoms with Gasteiger partial charge in [0.1, 0.15) is 5.82 Å². The third-order valence-electron chi connectivity index (χ3n) is 3.67. The molecule has 0 amide bonds. The van der Waals surface area contributed by atoms with Gasteiger partial charge in [-0.2, -0.15) is 0 Å². The predicted molar refractivity (Wildman–Crippen MR) is 66.2 cm³/mol. The fourth-order valence-electron chi connectivity index (χ4n) is 2.40. The van der Waals surface area contributed by atoms with Crippen LogP contribution in [-0.4, -0.2) is 34.6 Å². The molecule has 1 aromatic heterocycles. The van der Waals surface area contributed by atoms with Crippen molar-refractivity contribution >= 4 is 0 Å². The number of hydrogen-bond acceptors (Lipinski definition) is 3. The van der Waals surface area contributed by atoms with Crippen LogP contribution in [0.3, 0.4) is 0 Å². The molecule has 0 fully saturated rings. The van der Waals surface area contributed by atoms with E-state index in [2.05, 4.69) is 4.98 Å². The number of halogens is 1. The monoisotopic (exact) mass is 240 g/mol. The third-order valence-corrected chi connectivity index (χ3v) is 3.67. The molecule has 0 spiro atoms. The van der Waals surface area contributed by atoms with Gasteiger partial charge in [-0.05, 0) is 33.0 Å². The molecule has 1 atom stereocenters. The number of nitrogens with zero attached hydrogens (tertiary/aromatic N) is 2. The van der Waals surface area contributed by atoms with Crippen molar-refractivity contribution in [2.75, 3.05) is 14.1 Å². The Bertz CT molecular complexity index is 364. The van der Waals surface area contributed by atoms with Crippen LogP contribution in [0.25, 0.3) is 0 Å². The normalized spacial score (nSPS) is 14.1. The molecule has 1 rings (SSSR count). The fourth-order valence-corrected chi connectivity index (χ4v) is 2.40. The number of hydrogen-bond donors (Lipinski definition) is 1. The first-order chi connectivity index (χ1) is 7.97. The molecule has 0 aliphatic rings. The lowest BCUT2D eigenvalue weighted by Crippen LogP contribution is -2.48. The summed E-state index contributed by atoms with van der Waals surface area (Å²) in [7, 11) is 3.87. The Balaban J connectivity index is 3.12. The number of pyridine rings is 1. The van der Waals surface area contributed by atoms with Crippen molar-refractivity contribution in [2.45, 2.75) is 38.3 Å². The first-order valence-corrected chi connectivity index (χ1v) is 5.93. The van der Waals surface area contributed by atoms with Gasteiger partial charge in [0.2, 0.25) is 0 Å². The molecular formula is C13H21FN2O. The number of rotatable bonds is 5. The van der Waals surface area contributed by atoms with E-state index < -0.39 is 11.9 Å². The van der Waals surface area contributed by atoms with Crippen LogP contribution >= 0.6 is 0 Å². The molecule has 1 aromatic rings. The summed E-state index contributed by atoms with van der Waals surface area (Å²) in [6, 6.07) is 1.35. The van der Waals surface area contributed by atoms with Crippen LogP contribution in [0.4, 0.5) is 4.39 Å². The summed E-state index contributed by atoms with van der Waals surface area (Å²) < 4.78 is 13.1. The second-order valence-corrected chi connectivity index (χ2v) is 4.54. The molecule has 0 saturated carbocycles. The van der Waals surface area contributed by atoms with Gasteiger partial charge in [0.15, 0.2) is 0 Å². The van der Waals surface area contributed by atoms with E-state index in [1.807, 2.05) is 32.8 Å². The topological polar surface area (TPSA) is 36.4 Å². The Morgan fingerprint density at radius 3 is 2.35 bits per heavy atom. The van der Waals surface area contributed by atoms with Crippen LogP contribution in [0.5, 0.6) is 0 Å². The lowest BCUT2D eigenvalue weighted by atomic mass is 9.82. The summed E-state index contributed by atoms with van der Waals surface area (Å²) in [5, 5.41) is 10.5. The van der Waals surface area contributed by atoms with Gasteiger partial charge in [0, 0.05) is 11.8 Å². The van der Waals surface area contributed by atoms with Crippen LogP contribution in [0.15, 0.2) is 18.5 Å². The largest absolute Gasteiger partial charge is 0.386 e. The average molecular weight is 240 g/mol. The summed E-state index contributed by atoms with van der Waals surface area (Å²) in [6.07, 6.45) is 3.50. The van der Waals surface area contributed by atoms with E-state index in [4.69, 9.17) is 0 Å². The van der Waals surface area contributed by atoms with E-state index in [1.54, 1.807) is 0 Å². The molecule has 96 valence electrons. The molecule has 0 aromatic carbocycles. The number of aromatic nitrogens is 1. The Hall–Kier alpha value is -1.00. The van der Waals surface area contributed by atoms with E-state index in [-0.39, 0.29) is 5.54 Å². The molecule has 4 heteroatoms. The van der Waals surface area contributed by atoms with Crippen molar-refractivity contribution in [3.05, 3.63) is 29.8 Å². The molecule has 0 bridgehead atoms. The molecule has 1 N–H and O–H groups in total. The van der Waals surface area contributed by atoms with Gasteiger partial charge in [-0.3, -0.25) is 4.98 Å². The first kappa shape index (κ1) is 14.1. The molecule has 0 saturated heterocycles. The summed E-state index contributed by atoms with van der Waals surface area (Å²) in [5.74, 6) is -0.415. The number of likely N-dealkylation sites (N-methyl/N-ethyl adjacent to an activating group) is 1. The smallest absolute Gasteiger partial charge is 0.141 e. The van der Waals surface area contributed by atoms with Crippen LogP contribution in [0, 0.1) is 5.82 Å². The molecule has 0 radical (unpaired) electrons. The Morgan fingerprint density at radius 2 is 1.94 bits per heavy atom. The van der Waals surface area contributed by atoms with Gasteiger partial charge in [-0.1, -0.05) is 13.8 Å². The zero-order chi connectivity index (χ0) is 13.1. The quantitative estimate of drug-likeness (QED) is 0.858. The molecule has 0 aliphatic heterocycles. The molecule has 1 heterocycles. The van der Waals surface area contributed by atoms with Crippen LogP contribution < -0.4 is 0 Å². The fraction of sp³-hybridized carbons (Fsp3) is 0.615. The second-order valence-electron chi connectivity index (χ2n) is 4.54. The van der Waals surface area contributed by atoms with E-state index in [9.17, 15) is 9.50 Å². The van der Waals surface area contributed by atoms with Crippen molar-refractivity contribution in [3.63, 3.8) is 0 Å². The number of aliphatic hydroxyl groups is 1. The molecule has 1 unspecified atom stereocenters. The van der Waals surface area contributed by atoms with Crippen molar-refractivity contribution in [3.8, 4) is 0 Å². The zero-order valence-electron chi connectivity index (χ0n) is 10.9. The van der Waals surface area contributed by atoms with Gasteiger partial charge < -0.3 is 10.0 Å². The second kappa shape index (κ2) is 5.56. The maximum absolute atomic E-state index is 13.1. The molecular weight excluding hydrogens is 219 g/mol. The Morgan fingerprint density at radius 1 is 1.35 bits per heavy atom. The summed E-state index contributed by atoms with van der Waals surface area (Å²) >= 11 is 0. The van der Waals surface area contributed by atoms with Gasteiger partial charge in [0.25, 0.3) is 0 Å². The third kappa shape index (κ3) is 2.64. The maximum atomic E-state index is 13.1. The minimum atomic E-state index is -0.740. The van der Waals surface area contributed by atoms with E-state index in [0.29, 0.717) is 5.56 Å². The zero-order valence-corrected chi connectivity index (χ0v) is 10.9. The SMILES string of the molecule is CCC(CC)(C(O)c1cncc(F)c1)N(C)C. The first-order valence-electron chi connectivity index (χ1n) is 5.93. The Labute approximate surface area is 102 Å². The van der Waals surface area contributed by atoms with Crippen LogP contribution in [0.2, 0.25) is 0 Å². The van der Waals surface area contributed by atoms with E-state index in [0.717, 1.165) is 19.0 Å². The van der Waals surface area contributed by atoms with Gasteiger partial charge in [-0.25, -0.2) is 4.39 Å². The van der Waals surface area contributed by atoms with Gasteiger partial charge >= 0.3 is 0 Å². The summed E-state index contributed by atoms with van der Waals surface area (Å²) in [5.41, 5.74) is 0.151. The lowest BCUT2D eigenvalue weighted by Gasteiger charge is -2.42.